The van der Waals surface area contributed by atoms with E-state index in [2.05, 4.69) is 34.0 Å². The van der Waals surface area contributed by atoms with Crippen molar-refractivity contribution in [2.24, 2.45) is 26.4 Å². The van der Waals surface area contributed by atoms with Crippen LogP contribution in [0.4, 0.5) is 0 Å². The standard InChI is InChI=1S/C13H15N5S/c1-2-8-3-5-9(6-4-8)13(15)10-11(16-7-17-13)19-12(14)18-10/h3-7,12H,2,14-15H2,1H3. The van der Waals surface area contributed by atoms with Gasteiger partial charge in [0.2, 0.25) is 0 Å². The summed E-state index contributed by atoms with van der Waals surface area (Å²) in [7, 11) is 0. The second-order valence-electron chi connectivity index (χ2n) is 4.48. The number of rotatable bonds is 2. The molecule has 0 saturated carbocycles. The van der Waals surface area contributed by atoms with Gasteiger partial charge in [-0.3, -0.25) is 10.7 Å². The number of hydrogen-bond acceptors (Lipinski definition) is 6. The summed E-state index contributed by atoms with van der Waals surface area (Å²) < 4.78 is 0. The predicted molar refractivity (Wildman–Crippen MR) is 80.6 cm³/mol. The molecular weight excluding hydrogens is 258 g/mol. The van der Waals surface area contributed by atoms with E-state index in [4.69, 9.17) is 11.5 Å². The Hall–Kier alpha value is -1.50. The molecule has 0 fully saturated rings. The average Bonchev–Trinajstić information content (AvgIpc) is 2.81. The zero-order valence-corrected chi connectivity index (χ0v) is 11.4. The van der Waals surface area contributed by atoms with Crippen molar-refractivity contribution in [1.29, 1.82) is 0 Å². The fourth-order valence-electron chi connectivity index (χ4n) is 2.17. The third-order valence-electron chi connectivity index (χ3n) is 3.29. The van der Waals surface area contributed by atoms with Crippen molar-refractivity contribution in [3.05, 3.63) is 35.4 Å². The van der Waals surface area contributed by atoms with Gasteiger partial charge in [0.1, 0.15) is 17.1 Å². The molecule has 2 aliphatic heterocycles. The lowest BCUT2D eigenvalue weighted by molar-refractivity contribution is 0.643. The maximum Gasteiger partial charge on any atom is 0.180 e. The van der Waals surface area contributed by atoms with Gasteiger partial charge in [0, 0.05) is 5.56 Å². The molecule has 19 heavy (non-hydrogen) atoms. The molecule has 1 aromatic carbocycles. The number of benzene rings is 1. The minimum atomic E-state index is -0.968. The van der Waals surface area contributed by atoms with Crippen molar-refractivity contribution in [3.63, 3.8) is 0 Å². The fraction of sp³-hybridized carbons (Fsp3) is 0.308. The van der Waals surface area contributed by atoms with Gasteiger partial charge >= 0.3 is 0 Å². The third kappa shape index (κ3) is 2.01. The highest BCUT2D eigenvalue weighted by molar-refractivity contribution is 8.16. The predicted octanol–water partition coefficient (Wildman–Crippen LogP) is 1.23. The quantitative estimate of drug-likeness (QED) is 0.849. The SMILES string of the molecule is CCc1ccc(C2(N)N=CN=C3SC(N)N=C32)cc1. The average molecular weight is 273 g/mol. The van der Waals surface area contributed by atoms with Crippen LogP contribution in [-0.2, 0) is 12.1 Å². The van der Waals surface area contributed by atoms with Gasteiger partial charge in [0.15, 0.2) is 11.2 Å². The van der Waals surface area contributed by atoms with Crippen LogP contribution in [0.15, 0.2) is 39.2 Å². The molecule has 0 amide bonds. The fourth-order valence-corrected chi connectivity index (χ4v) is 2.99. The molecule has 4 N–H and O–H groups in total. The van der Waals surface area contributed by atoms with Crippen LogP contribution < -0.4 is 11.5 Å². The number of nitrogens with two attached hydrogens (primary N) is 2. The van der Waals surface area contributed by atoms with Gasteiger partial charge in [-0.25, -0.2) is 9.98 Å². The van der Waals surface area contributed by atoms with Crippen molar-refractivity contribution in [2.75, 3.05) is 0 Å². The summed E-state index contributed by atoms with van der Waals surface area (Å²) in [6, 6.07) is 8.12. The van der Waals surface area contributed by atoms with E-state index < -0.39 is 5.66 Å². The Balaban J connectivity index is 2.04. The van der Waals surface area contributed by atoms with Crippen LogP contribution in [-0.4, -0.2) is 22.6 Å². The molecule has 0 radical (unpaired) electrons. The summed E-state index contributed by atoms with van der Waals surface area (Å²) in [6.45, 7) is 2.12. The molecule has 5 nitrogen and oxygen atoms in total. The van der Waals surface area contributed by atoms with E-state index in [0.717, 1.165) is 17.0 Å². The summed E-state index contributed by atoms with van der Waals surface area (Å²) in [5.41, 5.74) is 13.8. The summed E-state index contributed by atoms with van der Waals surface area (Å²) in [5, 5.41) is 0.768. The van der Waals surface area contributed by atoms with E-state index in [-0.39, 0.29) is 5.50 Å². The first-order valence-corrected chi connectivity index (χ1v) is 7.02. The van der Waals surface area contributed by atoms with Gasteiger partial charge in [-0.1, -0.05) is 43.0 Å². The molecule has 0 spiro atoms. The molecule has 2 aliphatic rings. The first-order chi connectivity index (χ1) is 9.13. The maximum absolute atomic E-state index is 6.44. The molecule has 0 aliphatic carbocycles. The zero-order valence-electron chi connectivity index (χ0n) is 10.6. The second-order valence-corrected chi connectivity index (χ2v) is 5.59. The maximum atomic E-state index is 6.44. The number of aryl methyl sites for hydroxylation is 1. The van der Waals surface area contributed by atoms with Crippen LogP contribution >= 0.6 is 11.8 Å². The Kier molecular flexibility index (Phi) is 3.00. The largest absolute Gasteiger partial charge is 0.301 e. The second kappa shape index (κ2) is 4.56. The molecule has 0 aromatic heterocycles. The molecule has 2 unspecified atom stereocenters. The van der Waals surface area contributed by atoms with Crippen LogP contribution in [0.5, 0.6) is 0 Å². The highest BCUT2D eigenvalue weighted by Crippen LogP contribution is 2.33. The Morgan fingerprint density at radius 3 is 2.74 bits per heavy atom. The van der Waals surface area contributed by atoms with Gasteiger partial charge in [-0.2, -0.15) is 0 Å². The molecule has 2 heterocycles. The highest BCUT2D eigenvalue weighted by Gasteiger charge is 2.41. The Morgan fingerprint density at radius 2 is 2.05 bits per heavy atom. The summed E-state index contributed by atoms with van der Waals surface area (Å²) in [5.74, 6) is 0. The minimum absolute atomic E-state index is 0.340. The van der Waals surface area contributed by atoms with Crippen LogP contribution in [0.2, 0.25) is 0 Å². The lowest BCUT2D eigenvalue weighted by atomic mass is 9.94. The summed E-state index contributed by atoms with van der Waals surface area (Å²) in [6.07, 6.45) is 2.49. The third-order valence-corrected chi connectivity index (χ3v) is 4.16. The number of fused-ring (bicyclic) bond motifs is 1. The van der Waals surface area contributed by atoms with Crippen LogP contribution in [0.1, 0.15) is 18.1 Å². The van der Waals surface area contributed by atoms with E-state index in [0.29, 0.717) is 5.71 Å². The van der Waals surface area contributed by atoms with Gasteiger partial charge in [-0.05, 0) is 12.0 Å². The normalized spacial score (nSPS) is 28.9. The van der Waals surface area contributed by atoms with Gasteiger partial charge in [-0.15, -0.1) is 0 Å². The van der Waals surface area contributed by atoms with Crippen LogP contribution in [0, 0.1) is 0 Å². The monoisotopic (exact) mass is 273 g/mol. The highest BCUT2D eigenvalue weighted by atomic mass is 32.2. The molecule has 2 atom stereocenters. The minimum Gasteiger partial charge on any atom is -0.301 e. The first-order valence-electron chi connectivity index (χ1n) is 6.14. The Labute approximate surface area is 115 Å². The lowest BCUT2D eigenvalue weighted by Gasteiger charge is -2.27. The lowest BCUT2D eigenvalue weighted by Crippen LogP contribution is -2.47. The van der Waals surface area contributed by atoms with E-state index in [1.165, 1.54) is 23.7 Å². The number of nitrogens with zero attached hydrogens (tertiary/aromatic N) is 3. The van der Waals surface area contributed by atoms with Crippen molar-refractivity contribution in [1.82, 2.24) is 0 Å². The van der Waals surface area contributed by atoms with E-state index in [9.17, 15) is 0 Å². The van der Waals surface area contributed by atoms with E-state index in [1.807, 2.05) is 12.1 Å². The molecule has 3 rings (SSSR count). The van der Waals surface area contributed by atoms with Gasteiger partial charge < -0.3 is 5.73 Å². The van der Waals surface area contributed by atoms with Crippen molar-refractivity contribution in [2.45, 2.75) is 24.5 Å². The molecule has 1 aromatic rings. The smallest absolute Gasteiger partial charge is 0.180 e. The molecule has 0 bridgehead atoms. The van der Waals surface area contributed by atoms with Gasteiger partial charge in [0.05, 0.1) is 0 Å². The topological polar surface area (TPSA) is 89.1 Å². The van der Waals surface area contributed by atoms with E-state index >= 15 is 0 Å². The first kappa shape index (κ1) is 12.5. The zero-order chi connectivity index (χ0) is 13.5. The molecule has 6 heteroatoms. The van der Waals surface area contributed by atoms with Crippen LogP contribution in [0.25, 0.3) is 0 Å². The number of hydrogen-bond donors (Lipinski definition) is 2. The summed E-state index contributed by atoms with van der Waals surface area (Å²) in [4.78, 5) is 12.9. The number of thioether (sulfide) groups is 1. The number of aliphatic imine (C=N–C) groups is 3. The van der Waals surface area contributed by atoms with Crippen molar-refractivity contribution >= 4 is 28.9 Å². The summed E-state index contributed by atoms with van der Waals surface area (Å²) >= 11 is 1.41. The van der Waals surface area contributed by atoms with E-state index in [1.54, 1.807) is 0 Å². The van der Waals surface area contributed by atoms with Crippen molar-refractivity contribution in [3.8, 4) is 0 Å². The molecule has 0 saturated heterocycles. The Bertz CT molecular complexity index is 590. The molecule has 98 valence electrons. The van der Waals surface area contributed by atoms with Crippen molar-refractivity contribution < 1.29 is 0 Å². The van der Waals surface area contributed by atoms with Gasteiger partial charge in [0.25, 0.3) is 0 Å². The van der Waals surface area contributed by atoms with Crippen LogP contribution in [0.3, 0.4) is 0 Å². The Morgan fingerprint density at radius 1 is 1.32 bits per heavy atom. The molecular formula is C13H15N5S.